The second kappa shape index (κ2) is 6.00. The summed E-state index contributed by atoms with van der Waals surface area (Å²) in [6.45, 7) is 7.63. The standard InChI is InChI=1S/C12H25NOS/c1-9-5-6-12(10(2)7-9)13-8-11(3)15(4)14/h9-13H,5-8H2,1-4H3/t9-,10+,11-,12-,15-/m1/s1. The molecule has 0 spiro atoms. The molecule has 0 aromatic heterocycles. The molecule has 1 fully saturated rings. The highest BCUT2D eigenvalue weighted by atomic mass is 32.2. The van der Waals surface area contributed by atoms with Gasteiger partial charge in [0, 0.05) is 34.9 Å². The first-order valence-corrected chi connectivity index (χ1v) is 7.68. The highest BCUT2D eigenvalue weighted by Crippen LogP contribution is 2.28. The Kier molecular flexibility index (Phi) is 5.27. The van der Waals surface area contributed by atoms with Gasteiger partial charge in [-0.2, -0.15) is 0 Å². The van der Waals surface area contributed by atoms with E-state index in [9.17, 15) is 4.21 Å². The van der Waals surface area contributed by atoms with Gasteiger partial charge in [0.1, 0.15) is 0 Å². The molecule has 0 radical (unpaired) electrons. The molecule has 1 saturated carbocycles. The van der Waals surface area contributed by atoms with Gasteiger partial charge in [0.15, 0.2) is 0 Å². The molecule has 2 nitrogen and oxygen atoms in total. The van der Waals surface area contributed by atoms with Gasteiger partial charge in [0.25, 0.3) is 0 Å². The van der Waals surface area contributed by atoms with Gasteiger partial charge in [-0.05, 0) is 38.0 Å². The summed E-state index contributed by atoms with van der Waals surface area (Å²) in [5.41, 5.74) is 0. The third-order valence-electron chi connectivity index (χ3n) is 3.67. The average Bonchev–Trinajstić information content (AvgIpc) is 2.15. The zero-order chi connectivity index (χ0) is 11.4. The fourth-order valence-electron chi connectivity index (χ4n) is 2.40. The molecule has 0 saturated heterocycles. The van der Waals surface area contributed by atoms with Gasteiger partial charge < -0.3 is 5.32 Å². The zero-order valence-corrected chi connectivity index (χ0v) is 11.3. The number of nitrogens with one attached hydrogen (secondary N) is 1. The van der Waals surface area contributed by atoms with Crippen molar-refractivity contribution in [2.45, 2.75) is 51.3 Å². The highest BCUT2D eigenvalue weighted by Gasteiger charge is 2.25. The molecular formula is C12H25NOS. The third-order valence-corrected chi connectivity index (χ3v) is 4.97. The van der Waals surface area contributed by atoms with E-state index >= 15 is 0 Å². The van der Waals surface area contributed by atoms with Crippen molar-refractivity contribution in [1.82, 2.24) is 5.32 Å². The lowest BCUT2D eigenvalue weighted by Gasteiger charge is -2.33. The Labute approximate surface area is 96.7 Å². The summed E-state index contributed by atoms with van der Waals surface area (Å²) in [4.78, 5) is 0. The molecule has 3 heteroatoms. The summed E-state index contributed by atoms with van der Waals surface area (Å²) in [5.74, 6) is 1.65. The van der Waals surface area contributed by atoms with Crippen LogP contribution in [0, 0.1) is 11.8 Å². The SMILES string of the molecule is C[C@@H]1CC[C@@H](NC[C@@H](C)[S@@](C)=O)[C@@H](C)C1. The Bertz CT molecular complexity index is 220. The molecule has 5 atom stereocenters. The molecule has 1 aliphatic rings. The maximum atomic E-state index is 11.2. The Morgan fingerprint density at radius 3 is 2.60 bits per heavy atom. The van der Waals surface area contributed by atoms with E-state index in [4.69, 9.17) is 0 Å². The highest BCUT2D eigenvalue weighted by molar-refractivity contribution is 7.84. The minimum atomic E-state index is -0.695. The quantitative estimate of drug-likeness (QED) is 0.803. The minimum absolute atomic E-state index is 0.275. The van der Waals surface area contributed by atoms with Crippen LogP contribution in [0.3, 0.4) is 0 Å². The van der Waals surface area contributed by atoms with Crippen LogP contribution in [0.4, 0.5) is 0 Å². The van der Waals surface area contributed by atoms with Crippen molar-refractivity contribution in [1.29, 1.82) is 0 Å². The Balaban J connectivity index is 2.29. The molecule has 1 aliphatic carbocycles. The number of hydrogen-bond donors (Lipinski definition) is 1. The molecule has 0 amide bonds. The van der Waals surface area contributed by atoms with Crippen LogP contribution < -0.4 is 5.32 Å². The van der Waals surface area contributed by atoms with E-state index in [0.29, 0.717) is 6.04 Å². The molecule has 0 aliphatic heterocycles. The molecule has 15 heavy (non-hydrogen) atoms. The first-order chi connectivity index (χ1) is 7.00. The fraction of sp³-hybridized carbons (Fsp3) is 1.00. The maximum absolute atomic E-state index is 11.2. The average molecular weight is 231 g/mol. The lowest BCUT2D eigenvalue weighted by atomic mass is 9.80. The Morgan fingerprint density at radius 1 is 1.40 bits per heavy atom. The Hall–Kier alpha value is 0.110. The van der Waals surface area contributed by atoms with Crippen molar-refractivity contribution < 1.29 is 4.21 Å². The first-order valence-electron chi connectivity index (χ1n) is 6.06. The van der Waals surface area contributed by atoms with Crippen LogP contribution in [-0.2, 0) is 10.8 Å². The second-order valence-corrected chi connectivity index (χ2v) is 7.02. The Morgan fingerprint density at radius 2 is 2.07 bits per heavy atom. The molecule has 0 heterocycles. The summed E-state index contributed by atoms with van der Waals surface area (Å²) < 4.78 is 11.2. The van der Waals surface area contributed by atoms with Gasteiger partial charge in [-0.3, -0.25) is 4.21 Å². The van der Waals surface area contributed by atoms with Gasteiger partial charge in [0.2, 0.25) is 0 Å². The predicted octanol–water partition coefficient (Wildman–Crippen LogP) is 2.17. The monoisotopic (exact) mass is 231 g/mol. The van der Waals surface area contributed by atoms with E-state index in [0.717, 1.165) is 18.4 Å². The molecule has 0 bridgehead atoms. The molecule has 90 valence electrons. The number of hydrogen-bond acceptors (Lipinski definition) is 2. The van der Waals surface area contributed by atoms with E-state index in [1.807, 2.05) is 0 Å². The maximum Gasteiger partial charge on any atom is 0.0441 e. The molecule has 0 aromatic rings. The van der Waals surface area contributed by atoms with Gasteiger partial charge in [0.05, 0.1) is 0 Å². The lowest BCUT2D eigenvalue weighted by molar-refractivity contribution is 0.229. The second-order valence-electron chi connectivity index (χ2n) is 5.22. The van der Waals surface area contributed by atoms with E-state index in [-0.39, 0.29) is 5.25 Å². The third kappa shape index (κ3) is 4.23. The van der Waals surface area contributed by atoms with Gasteiger partial charge in [-0.25, -0.2) is 0 Å². The van der Waals surface area contributed by atoms with Gasteiger partial charge in [-0.15, -0.1) is 0 Å². The van der Waals surface area contributed by atoms with Crippen LogP contribution in [0.5, 0.6) is 0 Å². The molecule has 0 aromatic carbocycles. The molecule has 1 N–H and O–H groups in total. The van der Waals surface area contributed by atoms with Crippen molar-refractivity contribution in [3.63, 3.8) is 0 Å². The largest absolute Gasteiger partial charge is 0.313 e. The fourth-order valence-corrected chi connectivity index (χ4v) is 2.73. The summed E-state index contributed by atoms with van der Waals surface area (Å²) in [7, 11) is -0.695. The van der Waals surface area contributed by atoms with E-state index in [2.05, 4.69) is 26.1 Å². The van der Waals surface area contributed by atoms with E-state index < -0.39 is 10.8 Å². The summed E-state index contributed by atoms with van der Waals surface area (Å²) >= 11 is 0. The summed E-state index contributed by atoms with van der Waals surface area (Å²) in [6.07, 6.45) is 5.75. The van der Waals surface area contributed by atoms with Crippen molar-refractivity contribution >= 4 is 10.8 Å². The van der Waals surface area contributed by atoms with Crippen molar-refractivity contribution in [2.24, 2.45) is 11.8 Å². The van der Waals surface area contributed by atoms with Crippen LogP contribution in [0.1, 0.15) is 40.0 Å². The van der Waals surface area contributed by atoms with Crippen LogP contribution >= 0.6 is 0 Å². The number of rotatable bonds is 4. The normalized spacial score (nSPS) is 36.1. The first kappa shape index (κ1) is 13.2. The molecule has 0 unspecified atom stereocenters. The topological polar surface area (TPSA) is 29.1 Å². The van der Waals surface area contributed by atoms with Crippen LogP contribution in [0.25, 0.3) is 0 Å². The molecular weight excluding hydrogens is 206 g/mol. The minimum Gasteiger partial charge on any atom is -0.313 e. The van der Waals surface area contributed by atoms with Crippen molar-refractivity contribution in [3.05, 3.63) is 0 Å². The van der Waals surface area contributed by atoms with Crippen molar-refractivity contribution in [2.75, 3.05) is 12.8 Å². The van der Waals surface area contributed by atoms with Crippen LogP contribution in [0.2, 0.25) is 0 Å². The lowest BCUT2D eigenvalue weighted by Crippen LogP contribution is -2.42. The van der Waals surface area contributed by atoms with E-state index in [1.165, 1.54) is 19.3 Å². The summed E-state index contributed by atoms with van der Waals surface area (Å²) in [5, 5.41) is 3.85. The zero-order valence-electron chi connectivity index (χ0n) is 10.5. The smallest absolute Gasteiger partial charge is 0.0441 e. The van der Waals surface area contributed by atoms with Gasteiger partial charge >= 0.3 is 0 Å². The van der Waals surface area contributed by atoms with Crippen LogP contribution in [0.15, 0.2) is 0 Å². The van der Waals surface area contributed by atoms with Crippen molar-refractivity contribution in [3.8, 4) is 0 Å². The van der Waals surface area contributed by atoms with E-state index in [1.54, 1.807) is 6.26 Å². The molecule has 1 rings (SSSR count). The predicted molar refractivity (Wildman–Crippen MR) is 67.5 cm³/mol. The summed E-state index contributed by atoms with van der Waals surface area (Å²) in [6, 6.07) is 0.646. The van der Waals surface area contributed by atoms with Crippen LogP contribution in [-0.4, -0.2) is 28.3 Å². The van der Waals surface area contributed by atoms with Gasteiger partial charge in [-0.1, -0.05) is 13.8 Å².